The molecule has 1 atom stereocenters. The summed E-state index contributed by atoms with van der Waals surface area (Å²) < 4.78 is 13.8. The molecule has 2 aromatic rings. The summed E-state index contributed by atoms with van der Waals surface area (Å²) in [7, 11) is 0. The average molecular weight is 402 g/mol. The van der Waals surface area contributed by atoms with E-state index in [2.05, 4.69) is 16.2 Å². The fourth-order valence-electron chi connectivity index (χ4n) is 2.71. The first-order valence-corrected chi connectivity index (χ1v) is 9.37. The molecule has 1 aromatic heterocycles. The molecule has 0 aliphatic rings. The summed E-state index contributed by atoms with van der Waals surface area (Å²) in [6, 6.07) is 9.42. The van der Waals surface area contributed by atoms with E-state index in [4.69, 9.17) is 18.0 Å². The zero-order valence-corrected chi connectivity index (χ0v) is 16.0. The average Bonchev–Trinajstić information content (AvgIpc) is 2.71. The summed E-state index contributed by atoms with van der Waals surface area (Å²) in [5.41, 5.74) is 0.579. The number of unbranched alkanes of at least 4 members (excludes halogenated alkanes) is 2. The summed E-state index contributed by atoms with van der Waals surface area (Å²) in [6.07, 6.45) is 8.86. The van der Waals surface area contributed by atoms with Gasteiger partial charge in [-0.25, -0.2) is 4.39 Å². The van der Waals surface area contributed by atoms with E-state index in [0.29, 0.717) is 25.1 Å². The molecule has 1 aromatic carbocycles. The van der Waals surface area contributed by atoms with Crippen LogP contribution in [-0.2, 0) is 9.59 Å². The summed E-state index contributed by atoms with van der Waals surface area (Å²) in [6.45, 7) is 0.399. The highest BCUT2D eigenvalue weighted by Crippen LogP contribution is 2.27. The maximum absolute atomic E-state index is 13.8. The van der Waals surface area contributed by atoms with Gasteiger partial charge < -0.3 is 5.32 Å². The van der Waals surface area contributed by atoms with Crippen LogP contribution in [0.5, 0.6) is 0 Å². The zero-order chi connectivity index (χ0) is 20.4. The van der Waals surface area contributed by atoms with Crippen LogP contribution in [0, 0.1) is 18.2 Å². The van der Waals surface area contributed by atoms with Gasteiger partial charge in [0.25, 0.3) is 0 Å². The monoisotopic (exact) mass is 401 g/mol. The minimum absolute atomic E-state index is 0.226. The van der Waals surface area contributed by atoms with Gasteiger partial charge in [-0.05, 0) is 43.2 Å². The molecule has 0 spiro atoms. The van der Waals surface area contributed by atoms with E-state index in [1.54, 1.807) is 24.3 Å². The molecule has 0 saturated heterocycles. The van der Waals surface area contributed by atoms with Crippen molar-refractivity contribution in [2.24, 2.45) is 0 Å². The quantitative estimate of drug-likeness (QED) is 0.397. The third-order valence-electron chi connectivity index (χ3n) is 3.99. The van der Waals surface area contributed by atoms with Crippen molar-refractivity contribution in [1.82, 2.24) is 10.3 Å². The first-order valence-electron chi connectivity index (χ1n) is 8.84. The topological polar surface area (TPSA) is 62.3 Å². The van der Waals surface area contributed by atoms with E-state index in [1.165, 1.54) is 29.3 Å². The number of halogens is 2. The number of hydrogen-bond acceptors (Lipinski definition) is 3. The Bertz CT molecular complexity index is 839. The molecule has 1 N–H and O–H groups in total. The maximum Gasteiger partial charge on any atom is 0.249 e. The number of nitrogens with one attached hydrogen (secondary N) is 1. The van der Waals surface area contributed by atoms with Crippen molar-refractivity contribution in [3.8, 4) is 12.3 Å². The Morgan fingerprint density at radius 1 is 1.25 bits per heavy atom. The molecule has 146 valence electrons. The van der Waals surface area contributed by atoms with E-state index in [9.17, 15) is 14.0 Å². The lowest BCUT2D eigenvalue weighted by Gasteiger charge is -2.30. The predicted molar refractivity (Wildman–Crippen MR) is 107 cm³/mol. The molecule has 5 nitrogen and oxygen atoms in total. The Labute approximate surface area is 168 Å². The van der Waals surface area contributed by atoms with Gasteiger partial charge in [0.05, 0.1) is 5.69 Å². The van der Waals surface area contributed by atoms with Crippen molar-refractivity contribution < 1.29 is 14.0 Å². The standard InChI is InChI=1S/C21H21ClFN3O2/c1-2-3-4-6-13-25-21(28)20(18-11-5-7-12-24-18)26(19(27)15-22)17-10-8-9-16(23)14-17/h1,5,7-12,14,20H,3-4,6,13,15H2,(H,25,28). The van der Waals surface area contributed by atoms with E-state index in [0.717, 1.165) is 6.42 Å². The number of anilines is 1. The number of hydrogen-bond donors (Lipinski definition) is 1. The van der Waals surface area contributed by atoms with Crippen LogP contribution in [-0.4, -0.2) is 29.2 Å². The van der Waals surface area contributed by atoms with Gasteiger partial charge in [-0.1, -0.05) is 12.1 Å². The molecule has 1 heterocycles. The number of pyridine rings is 1. The van der Waals surface area contributed by atoms with Crippen LogP contribution in [0.2, 0.25) is 0 Å². The van der Waals surface area contributed by atoms with E-state index >= 15 is 0 Å². The molecule has 2 amide bonds. The highest BCUT2D eigenvalue weighted by Gasteiger charge is 2.33. The molecule has 0 aliphatic heterocycles. The van der Waals surface area contributed by atoms with Crippen molar-refractivity contribution in [3.05, 3.63) is 60.2 Å². The normalized spacial score (nSPS) is 11.3. The second kappa shape index (κ2) is 11.1. The maximum atomic E-state index is 13.8. The minimum Gasteiger partial charge on any atom is -0.354 e. The number of aromatic nitrogens is 1. The van der Waals surface area contributed by atoms with Crippen molar-refractivity contribution in [3.63, 3.8) is 0 Å². The number of rotatable bonds is 9. The summed E-state index contributed by atoms with van der Waals surface area (Å²) >= 11 is 5.78. The Morgan fingerprint density at radius 2 is 2.07 bits per heavy atom. The number of nitrogens with zero attached hydrogens (tertiary/aromatic N) is 2. The zero-order valence-electron chi connectivity index (χ0n) is 15.3. The Morgan fingerprint density at radius 3 is 2.71 bits per heavy atom. The molecule has 0 aliphatic carbocycles. The number of terminal acetylenes is 1. The molecule has 28 heavy (non-hydrogen) atoms. The van der Waals surface area contributed by atoms with Gasteiger partial charge in [-0.15, -0.1) is 23.9 Å². The van der Waals surface area contributed by atoms with Gasteiger partial charge in [-0.2, -0.15) is 0 Å². The van der Waals surface area contributed by atoms with Crippen LogP contribution < -0.4 is 10.2 Å². The van der Waals surface area contributed by atoms with Gasteiger partial charge in [-0.3, -0.25) is 19.5 Å². The first kappa shape index (κ1) is 21.4. The number of alkyl halides is 1. The van der Waals surface area contributed by atoms with Crippen LogP contribution in [0.15, 0.2) is 48.7 Å². The van der Waals surface area contributed by atoms with Gasteiger partial charge in [0.1, 0.15) is 11.7 Å². The van der Waals surface area contributed by atoms with Crippen LogP contribution in [0.3, 0.4) is 0 Å². The van der Waals surface area contributed by atoms with Crippen LogP contribution in [0.1, 0.15) is 31.0 Å². The highest BCUT2D eigenvalue weighted by molar-refractivity contribution is 6.29. The Kier molecular flexibility index (Phi) is 8.44. The summed E-state index contributed by atoms with van der Waals surface area (Å²) in [5.74, 6) is 0.687. The number of carbonyl (C=O) groups is 2. The number of benzene rings is 1. The second-order valence-electron chi connectivity index (χ2n) is 5.99. The molecule has 0 bridgehead atoms. The highest BCUT2D eigenvalue weighted by atomic mass is 35.5. The van der Waals surface area contributed by atoms with Gasteiger partial charge >= 0.3 is 0 Å². The lowest BCUT2D eigenvalue weighted by molar-refractivity contribution is -0.126. The van der Waals surface area contributed by atoms with Crippen molar-refractivity contribution in [1.29, 1.82) is 0 Å². The number of carbonyl (C=O) groups excluding carboxylic acids is 2. The fourth-order valence-corrected chi connectivity index (χ4v) is 2.84. The molecule has 7 heteroatoms. The van der Waals surface area contributed by atoms with E-state index < -0.39 is 23.7 Å². The molecule has 2 rings (SSSR count). The Balaban J connectivity index is 2.36. The SMILES string of the molecule is C#CCCCCNC(=O)C(c1ccccn1)N(C(=O)CCl)c1cccc(F)c1. The summed E-state index contributed by atoms with van der Waals surface area (Å²) in [5, 5.41) is 2.81. The number of amides is 2. The largest absolute Gasteiger partial charge is 0.354 e. The lowest BCUT2D eigenvalue weighted by atomic mass is 10.1. The van der Waals surface area contributed by atoms with Gasteiger partial charge in [0.15, 0.2) is 6.04 Å². The smallest absolute Gasteiger partial charge is 0.249 e. The molecule has 0 radical (unpaired) electrons. The van der Waals surface area contributed by atoms with Crippen LogP contribution in [0.25, 0.3) is 0 Å². The fraction of sp³-hybridized carbons (Fsp3) is 0.286. The molecule has 0 fully saturated rings. The third-order valence-corrected chi connectivity index (χ3v) is 4.22. The molecule has 0 saturated carbocycles. The van der Waals surface area contributed by atoms with Crippen molar-refractivity contribution >= 4 is 29.1 Å². The van der Waals surface area contributed by atoms with Crippen LogP contribution in [0.4, 0.5) is 10.1 Å². The Hall–Kier alpha value is -2.91. The minimum atomic E-state index is -1.08. The second-order valence-corrected chi connectivity index (χ2v) is 6.25. The van der Waals surface area contributed by atoms with Crippen molar-refractivity contribution in [2.45, 2.75) is 25.3 Å². The van der Waals surface area contributed by atoms with E-state index in [1.807, 2.05) is 0 Å². The third kappa shape index (κ3) is 5.80. The molecular weight excluding hydrogens is 381 g/mol. The molecular formula is C21H21ClFN3O2. The first-order chi connectivity index (χ1) is 13.6. The summed E-state index contributed by atoms with van der Waals surface area (Å²) in [4.78, 5) is 31.0. The predicted octanol–water partition coefficient (Wildman–Crippen LogP) is 3.45. The van der Waals surface area contributed by atoms with E-state index in [-0.39, 0.29) is 11.6 Å². The van der Waals surface area contributed by atoms with Gasteiger partial charge in [0, 0.05) is 24.8 Å². The lowest BCUT2D eigenvalue weighted by Crippen LogP contribution is -2.45. The molecule has 1 unspecified atom stereocenters. The van der Waals surface area contributed by atoms with Crippen molar-refractivity contribution in [2.75, 3.05) is 17.3 Å². The van der Waals surface area contributed by atoms with Crippen LogP contribution >= 0.6 is 11.6 Å². The van der Waals surface area contributed by atoms with Gasteiger partial charge in [0.2, 0.25) is 11.8 Å².